The van der Waals surface area contributed by atoms with E-state index in [2.05, 4.69) is 20.8 Å². The molecular weight excluding hydrogens is 292 g/mol. The van der Waals surface area contributed by atoms with E-state index in [9.17, 15) is 4.79 Å². The normalized spacial score (nSPS) is 10.3. The maximum atomic E-state index is 12.2. The molecule has 2 heterocycles. The van der Waals surface area contributed by atoms with Crippen LogP contribution >= 0.6 is 0 Å². The Morgan fingerprint density at radius 2 is 2.00 bits per heavy atom. The van der Waals surface area contributed by atoms with E-state index in [0.29, 0.717) is 29.4 Å². The number of aromatic nitrogens is 2. The molecule has 0 aliphatic carbocycles. The third kappa shape index (κ3) is 3.94. The highest BCUT2D eigenvalue weighted by Gasteiger charge is 2.08. The number of hydrogen-bond donors (Lipinski definition) is 2. The Kier molecular flexibility index (Phi) is 4.33. The lowest BCUT2D eigenvalue weighted by atomic mass is 10.2. The van der Waals surface area contributed by atoms with E-state index in [4.69, 9.17) is 4.52 Å². The molecule has 2 N–H and O–H groups in total. The summed E-state index contributed by atoms with van der Waals surface area (Å²) < 4.78 is 4.99. The first-order chi connectivity index (χ1) is 11.2. The number of nitrogens with zero attached hydrogens (tertiary/aromatic N) is 2. The number of benzene rings is 1. The number of anilines is 2. The van der Waals surface area contributed by atoms with Gasteiger partial charge in [0.05, 0.1) is 17.4 Å². The van der Waals surface area contributed by atoms with Crippen molar-refractivity contribution in [3.63, 3.8) is 0 Å². The van der Waals surface area contributed by atoms with Crippen LogP contribution < -0.4 is 10.6 Å². The third-order valence-electron chi connectivity index (χ3n) is 3.20. The smallest absolute Gasteiger partial charge is 0.253 e. The number of pyridine rings is 1. The molecule has 0 aliphatic heterocycles. The molecule has 0 saturated heterocycles. The fourth-order valence-electron chi connectivity index (χ4n) is 2.09. The van der Waals surface area contributed by atoms with Gasteiger partial charge in [0.25, 0.3) is 5.91 Å². The Morgan fingerprint density at radius 1 is 1.17 bits per heavy atom. The van der Waals surface area contributed by atoms with Gasteiger partial charge in [0.2, 0.25) is 0 Å². The zero-order valence-electron chi connectivity index (χ0n) is 12.6. The van der Waals surface area contributed by atoms with Crippen LogP contribution in [-0.4, -0.2) is 16.0 Å². The molecule has 3 aromatic rings. The molecule has 0 saturated carbocycles. The lowest BCUT2D eigenvalue weighted by molar-refractivity contribution is 0.0950. The first-order valence-electron chi connectivity index (χ1n) is 7.18. The fraction of sp³-hybridized carbons (Fsp3) is 0.118. The molecule has 1 aromatic carbocycles. The molecule has 0 atom stereocenters. The molecule has 0 bridgehead atoms. The Hall–Kier alpha value is -3.15. The van der Waals surface area contributed by atoms with Crippen LogP contribution in [0.5, 0.6) is 0 Å². The van der Waals surface area contributed by atoms with E-state index in [0.717, 1.165) is 5.56 Å². The van der Waals surface area contributed by atoms with E-state index < -0.39 is 0 Å². The monoisotopic (exact) mass is 308 g/mol. The summed E-state index contributed by atoms with van der Waals surface area (Å²) in [5.74, 6) is 1.10. The predicted octanol–water partition coefficient (Wildman–Crippen LogP) is 3.05. The number of amides is 1. The van der Waals surface area contributed by atoms with Crippen LogP contribution in [0.2, 0.25) is 0 Å². The van der Waals surface area contributed by atoms with Crippen LogP contribution in [0.1, 0.15) is 21.7 Å². The van der Waals surface area contributed by atoms with E-state index in [-0.39, 0.29) is 5.91 Å². The number of carbonyl (C=O) groups excluding carboxylic acids is 1. The lowest BCUT2D eigenvalue weighted by Crippen LogP contribution is -2.22. The SMILES string of the molecule is Cc1cc(Nc2cncc(C(=O)NCc3ccccc3)c2)no1. The van der Waals surface area contributed by atoms with Crippen molar-refractivity contribution in [3.8, 4) is 0 Å². The molecule has 6 heteroatoms. The summed E-state index contributed by atoms with van der Waals surface area (Å²) >= 11 is 0. The molecular formula is C17H16N4O2. The molecule has 0 unspecified atom stereocenters. The highest BCUT2D eigenvalue weighted by atomic mass is 16.5. The van der Waals surface area contributed by atoms with Crippen molar-refractivity contribution in [2.45, 2.75) is 13.5 Å². The predicted molar refractivity (Wildman–Crippen MR) is 86.4 cm³/mol. The van der Waals surface area contributed by atoms with Gasteiger partial charge in [0.1, 0.15) is 5.76 Å². The maximum absolute atomic E-state index is 12.2. The van der Waals surface area contributed by atoms with Gasteiger partial charge in [-0.05, 0) is 18.6 Å². The van der Waals surface area contributed by atoms with Crippen LogP contribution in [0.15, 0.2) is 59.4 Å². The fourth-order valence-corrected chi connectivity index (χ4v) is 2.09. The van der Waals surface area contributed by atoms with Crippen molar-refractivity contribution in [2.75, 3.05) is 5.32 Å². The van der Waals surface area contributed by atoms with Gasteiger partial charge in [-0.2, -0.15) is 0 Å². The average Bonchev–Trinajstić information content (AvgIpc) is 2.99. The zero-order chi connectivity index (χ0) is 16.1. The summed E-state index contributed by atoms with van der Waals surface area (Å²) in [6, 6.07) is 13.2. The molecule has 2 aromatic heterocycles. The van der Waals surface area contributed by atoms with Gasteiger partial charge in [-0.15, -0.1) is 0 Å². The molecule has 0 fully saturated rings. The summed E-state index contributed by atoms with van der Waals surface area (Å²) in [7, 11) is 0. The average molecular weight is 308 g/mol. The molecule has 3 rings (SSSR count). The van der Waals surface area contributed by atoms with Gasteiger partial charge in [0.15, 0.2) is 5.82 Å². The lowest BCUT2D eigenvalue weighted by Gasteiger charge is -2.07. The molecule has 0 aliphatic rings. The van der Waals surface area contributed by atoms with Crippen LogP contribution in [0.25, 0.3) is 0 Å². The van der Waals surface area contributed by atoms with Crippen LogP contribution in [0.3, 0.4) is 0 Å². The molecule has 0 spiro atoms. The number of carbonyl (C=O) groups is 1. The van der Waals surface area contributed by atoms with Gasteiger partial charge in [-0.3, -0.25) is 9.78 Å². The molecule has 0 radical (unpaired) electrons. The maximum Gasteiger partial charge on any atom is 0.253 e. The highest BCUT2D eigenvalue weighted by molar-refractivity contribution is 5.94. The van der Waals surface area contributed by atoms with E-state index in [1.807, 2.05) is 37.3 Å². The van der Waals surface area contributed by atoms with Crippen LogP contribution in [0, 0.1) is 6.92 Å². The largest absolute Gasteiger partial charge is 0.360 e. The van der Waals surface area contributed by atoms with Crippen LogP contribution in [-0.2, 0) is 6.54 Å². The first-order valence-corrected chi connectivity index (χ1v) is 7.18. The summed E-state index contributed by atoms with van der Waals surface area (Å²) in [4.78, 5) is 16.3. The van der Waals surface area contributed by atoms with Crippen molar-refractivity contribution < 1.29 is 9.32 Å². The second-order valence-electron chi connectivity index (χ2n) is 5.08. The Bertz CT molecular complexity index is 799. The standard InChI is InChI=1S/C17H16N4O2/c1-12-7-16(21-23-12)20-15-8-14(10-18-11-15)17(22)19-9-13-5-3-2-4-6-13/h2-8,10-11H,9H2,1H3,(H,19,22)(H,20,21). The van der Waals surface area contributed by atoms with Gasteiger partial charge in [-0.25, -0.2) is 0 Å². The quantitative estimate of drug-likeness (QED) is 0.757. The van der Waals surface area contributed by atoms with E-state index in [1.54, 1.807) is 18.3 Å². The highest BCUT2D eigenvalue weighted by Crippen LogP contribution is 2.16. The second kappa shape index (κ2) is 6.74. The van der Waals surface area contributed by atoms with Gasteiger partial charge in [-0.1, -0.05) is 35.5 Å². The van der Waals surface area contributed by atoms with Crippen molar-refractivity contribution in [1.82, 2.24) is 15.5 Å². The van der Waals surface area contributed by atoms with Crippen molar-refractivity contribution in [2.24, 2.45) is 0 Å². The van der Waals surface area contributed by atoms with Crippen molar-refractivity contribution in [3.05, 3.63) is 71.7 Å². The number of rotatable bonds is 5. The summed E-state index contributed by atoms with van der Waals surface area (Å²) in [5.41, 5.74) is 2.19. The minimum absolute atomic E-state index is 0.179. The summed E-state index contributed by atoms with van der Waals surface area (Å²) in [5, 5.41) is 9.76. The van der Waals surface area contributed by atoms with E-state index >= 15 is 0 Å². The van der Waals surface area contributed by atoms with Gasteiger partial charge in [0, 0.05) is 18.8 Å². The third-order valence-corrected chi connectivity index (χ3v) is 3.20. The number of nitrogens with one attached hydrogen (secondary N) is 2. The Labute approximate surface area is 133 Å². The summed E-state index contributed by atoms with van der Waals surface area (Å²) in [6.07, 6.45) is 3.15. The van der Waals surface area contributed by atoms with Crippen molar-refractivity contribution in [1.29, 1.82) is 0 Å². The zero-order valence-corrected chi connectivity index (χ0v) is 12.6. The second-order valence-corrected chi connectivity index (χ2v) is 5.08. The Morgan fingerprint density at radius 3 is 2.74 bits per heavy atom. The topological polar surface area (TPSA) is 80.0 Å². The molecule has 6 nitrogen and oxygen atoms in total. The Balaban J connectivity index is 1.65. The first kappa shape index (κ1) is 14.8. The van der Waals surface area contributed by atoms with Crippen LogP contribution in [0.4, 0.5) is 11.5 Å². The molecule has 23 heavy (non-hydrogen) atoms. The minimum Gasteiger partial charge on any atom is -0.360 e. The summed E-state index contributed by atoms with van der Waals surface area (Å²) in [6.45, 7) is 2.28. The number of hydrogen-bond acceptors (Lipinski definition) is 5. The van der Waals surface area contributed by atoms with E-state index in [1.165, 1.54) is 6.20 Å². The van der Waals surface area contributed by atoms with Gasteiger partial charge < -0.3 is 15.2 Å². The minimum atomic E-state index is -0.179. The molecule has 1 amide bonds. The number of aryl methyl sites for hydroxylation is 1. The van der Waals surface area contributed by atoms with Gasteiger partial charge >= 0.3 is 0 Å². The van der Waals surface area contributed by atoms with Crippen molar-refractivity contribution >= 4 is 17.4 Å². The molecule has 116 valence electrons.